The maximum absolute atomic E-state index is 13.7. The number of aromatic nitrogens is 4. The van der Waals surface area contributed by atoms with Gasteiger partial charge in [0.05, 0.1) is 28.3 Å². The van der Waals surface area contributed by atoms with Crippen LogP contribution in [0.3, 0.4) is 0 Å². The molecule has 4 aromatic rings. The van der Waals surface area contributed by atoms with Crippen LogP contribution in [-0.4, -0.2) is 29.3 Å². The van der Waals surface area contributed by atoms with Crippen molar-refractivity contribution in [2.24, 2.45) is 7.05 Å². The molecule has 6 rings (SSSR count). The summed E-state index contributed by atoms with van der Waals surface area (Å²) in [6.07, 6.45) is -2.02. The average molecular weight is 526 g/mol. The summed E-state index contributed by atoms with van der Waals surface area (Å²) in [5.41, 5.74) is -2.18. The number of aryl methyl sites for hydroxylation is 1. The third-order valence-corrected chi connectivity index (χ3v) is 7.47. The molecule has 2 aromatic heterocycles. The monoisotopic (exact) mass is 526 g/mol. The molecule has 9 nitrogen and oxygen atoms in total. The van der Waals surface area contributed by atoms with Gasteiger partial charge in [0, 0.05) is 19.3 Å². The maximum Gasteiger partial charge on any atom is 0.416 e. The maximum atomic E-state index is 13.7. The van der Waals surface area contributed by atoms with Gasteiger partial charge >= 0.3 is 23.5 Å². The number of aromatic carboxylic acids is 1. The van der Waals surface area contributed by atoms with E-state index in [4.69, 9.17) is 0 Å². The molecule has 0 saturated heterocycles. The quantitative estimate of drug-likeness (QED) is 0.439. The second kappa shape index (κ2) is 8.07. The van der Waals surface area contributed by atoms with Crippen LogP contribution in [-0.2, 0) is 19.6 Å². The van der Waals surface area contributed by atoms with Gasteiger partial charge in [-0.3, -0.25) is 23.1 Å². The number of rotatable bonds is 4. The molecule has 1 atom stereocenters. The fourth-order valence-electron chi connectivity index (χ4n) is 5.54. The number of nitrogens with zero attached hydrogens (tertiary/aromatic N) is 4. The first-order chi connectivity index (χ1) is 18.0. The van der Waals surface area contributed by atoms with E-state index < -0.39 is 40.6 Å². The van der Waals surface area contributed by atoms with Gasteiger partial charge in [-0.15, -0.1) is 0 Å². The molecule has 38 heavy (non-hydrogen) atoms. The van der Waals surface area contributed by atoms with Crippen molar-refractivity contribution in [3.05, 3.63) is 96.2 Å². The first-order valence-corrected chi connectivity index (χ1v) is 12.0. The van der Waals surface area contributed by atoms with Crippen molar-refractivity contribution in [1.29, 1.82) is 0 Å². The predicted molar refractivity (Wildman–Crippen MR) is 130 cm³/mol. The molecular formula is C26H21F3N4O5. The van der Waals surface area contributed by atoms with Crippen LogP contribution in [0, 0.1) is 0 Å². The van der Waals surface area contributed by atoms with E-state index in [1.54, 1.807) is 23.7 Å². The molecule has 1 N–H and O–H groups in total. The lowest BCUT2D eigenvalue weighted by atomic mass is 10.0. The van der Waals surface area contributed by atoms with Gasteiger partial charge in [-0.05, 0) is 61.1 Å². The number of hydrogen-bond acceptors (Lipinski definition) is 4. The largest absolute Gasteiger partial charge is 0.477 e. The number of fused-ring (bicyclic) bond motifs is 2. The zero-order valence-electron chi connectivity index (χ0n) is 20.0. The van der Waals surface area contributed by atoms with Gasteiger partial charge in [0.1, 0.15) is 5.56 Å². The topological polar surface area (TPSA) is 108 Å². The zero-order chi connectivity index (χ0) is 27.1. The summed E-state index contributed by atoms with van der Waals surface area (Å²) < 4.78 is 45.7. The third-order valence-electron chi connectivity index (χ3n) is 7.47. The Kier molecular flexibility index (Phi) is 5.10. The fourth-order valence-corrected chi connectivity index (χ4v) is 5.54. The van der Waals surface area contributed by atoms with Crippen LogP contribution in [0.4, 0.5) is 13.2 Å². The molecule has 196 valence electrons. The van der Waals surface area contributed by atoms with Crippen molar-refractivity contribution < 1.29 is 23.1 Å². The molecule has 2 heterocycles. The number of benzene rings is 2. The van der Waals surface area contributed by atoms with Crippen LogP contribution in [0.2, 0.25) is 0 Å². The standard InChI is InChI=1S/C26H21F3N4O5/c1-30-20-9-7-14(11-21(20)32(24(30)37)13-5-6-13)31-12-17(23(35)36)22(34)33(25(31)38)19-10-8-15-16(19)3-2-4-18(15)26(27,28)29/h2-4,7,9,11-13,19H,5-6,8,10H2,1H3,(H,35,36). The summed E-state index contributed by atoms with van der Waals surface area (Å²) in [7, 11) is 1.63. The highest BCUT2D eigenvalue weighted by Crippen LogP contribution is 2.41. The van der Waals surface area contributed by atoms with E-state index >= 15 is 0 Å². The minimum Gasteiger partial charge on any atom is -0.477 e. The molecular weight excluding hydrogens is 505 g/mol. The first-order valence-electron chi connectivity index (χ1n) is 12.0. The third kappa shape index (κ3) is 3.46. The van der Waals surface area contributed by atoms with Crippen LogP contribution in [0.1, 0.15) is 58.4 Å². The van der Waals surface area contributed by atoms with Crippen molar-refractivity contribution in [1.82, 2.24) is 18.3 Å². The zero-order valence-corrected chi connectivity index (χ0v) is 20.0. The molecule has 0 radical (unpaired) electrons. The van der Waals surface area contributed by atoms with Gasteiger partial charge in [0.15, 0.2) is 0 Å². The minimum absolute atomic E-state index is 0.0114. The number of carbonyl (C=O) groups is 1. The van der Waals surface area contributed by atoms with Crippen LogP contribution in [0.5, 0.6) is 0 Å². The number of carboxylic acid groups (broad SMARTS) is 1. The molecule has 0 bridgehead atoms. The predicted octanol–water partition coefficient (Wildman–Crippen LogP) is 3.24. The first kappa shape index (κ1) is 24.0. The van der Waals surface area contributed by atoms with Gasteiger partial charge in [-0.25, -0.2) is 14.4 Å². The molecule has 1 unspecified atom stereocenters. The summed E-state index contributed by atoms with van der Waals surface area (Å²) >= 11 is 0. The highest BCUT2D eigenvalue weighted by molar-refractivity contribution is 5.87. The van der Waals surface area contributed by atoms with Gasteiger partial charge in [-0.1, -0.05) is 12.1 Å². The molecule has 2 aromatic carbocycles. The van der Waals surface area contributed by atoms with E-state index in [1.807, 2.05) is 0 Å². The van der Waals surface area contributed by atoms with Crippen LogP contribution in [0.25, 0.3) is 16.7 Å². The smallest absolute Gasteiger partial charge is 0.416 e. The summed E-state index contributed by atoms with van der Waals surface area (Å²) in [5.74, 6) is -1.57. The highest BCUT2D eigenvalue weighted by atomic mass is 19.4. The van der Waals surface area contributed by atoms with E-state index in [-0.39, 0.29) is 41.4 Å². The molecule has 1 saturated carbocycles. The Morgan fingerprint density at radius 1 is 0.974 bits per heavy atom. The summed E-state index contributed by atoms with van der Waals surface area (Å²) in [4.78, 5) is 51.7. The van der Waals surface area contributed by atoms with E-state index in [2.05, 4.69) is 0 Å². The second-order valence-corrected chi connectivity index (χ2v) is 9.72. The molecule has 2 aliphatic carbocycles. The number of carboxylic acids is 1. The van der Waals surface area contributed by atoms with Crippen molar-refractivity contribution in [2.45, 2.75) is 43.9 Å². The van der Waals surface area contributed by atoms with Crippen molar-refractivity contribution in [3.8, 4) is 5.69 Å². The van der Waals surface area contributed by atoms with E-state index in [9.17, 15) is 37.5 Å². The SMILES string of the molecule is Cn1c(=O)n(C2CC2)c2cc(-n3cc(C(=O)O)c(=O)n(C4CCc5c4cccc5C(F)(F)F)c3=O)ccc21. The highest BCUT2D eigenvalue weighted by Gasteiger charge is 2.38. The number of imidazole rings is 1. The van der Waals surface area contributed by atoms with Crippen molar-refractivity contribution >= 4 is 17.0 Å². The Morgan fingerprint density at radius 3 is 2.37 bits per heavy atom. The summed E-state index contributed by atoms with van der Waals surface area (Å²) in [6, 6.07) is 7.30. The summed E-state index contributed by atoms with van der Waals surface area (Å²) in [5, 5.41) is 9.75. The normalized spacial score (nSPS) is 17.2. The molecule has 0 amide bonds. The Morgan fingerprint density at radius 2 is 1.71 bits per heavy atom. The van der Waals surface area contributed by atoms with E-state index in [0.29, 0.717) is 11.0 Å². The van der Waals surface area contributed by atoms with Crippen molar-refractivity contribution in [3.63, 3.8) is 0 Å². The Labute approximate surface area is 211 Å². The Hall–Kier alpha value is -4.35. The molecule has 0 aliphatic heterocycles. The molecule has 0 spiro atoms. The number of hydrogen-bond donors (Lipinski definition) is 1. The van der Waals surface area contributed by atoms with Crippen molar-refractivity contribution in [2.75, 3.05) is 0 Å². The molecule has 1 fully saturated rings. The second-order valence-electron chi connectivity index (χ2n) is 9.72. The van der Waals surface area contributed by atoms with Gasteiger partial charge in [0.2, 0.25) is 0 Å². The lowest BCUT2D eigenvalue weighted by Crippen LogP contribution is -2.43. The van der Waals surface area contributed by atoms with Gasteiger partial charge in [-0.2, -0.15) is 13.2 Å². The van der Waals surface area contributed by atoms with Gasteiger partial charge in [0.25, 0.3) is 5.56 Å². The molecule has 12 heteroatoms. The number of halogens is 3. The van der Waals surface area contributed by atoms with E-state index in [0.717, 1.165) is 34.2 Å². The number of alkyl halides is 3. The fraction of sp³-hybridized carbons (Fsp3) is 0.308. The summed E-state index contributed by atoms with van der Waals surface area (Å²) in [6.45, 7) is 0. The van der Waals surface area contributed by atoms with Gasteiger partial charge < -0.3 is 5.11 Å². The minimum atomic E-state index is -4.61. The average Bonchev–Trinajstić information content (AvgIpc) is 3.55. The Balaban J connectivity index is 1.59. The van der Waals surface area contributed by atoms with Crippen LogP contribution >= 0.6 is 0 Å². The Bertz CT molecular complexity index is 1840. The molecule has 2 aliphatic rings. The lowest BCUT2D eigenvalue weighted by molar-refractivity contribution is -0.138. The van der Waals surface area contributed by atoms with E-state index in [1.165, 1.54) is 22.8 Å². The van der Waals surface area contributed by atoms with Crippen LogP contribution in [0.15, 0.2) is 57.0 Å². The lowest BCUT2D eigenvalue weighted by Gasteiger charge is -2.19. The van der Waals surface area contributed by atoms with Crippen LogP contribution < -0.4 is 16.9 Å².